The van der Waals surface area contributed by atoms with Crippen molar-refractivity contribution in [2.75, 3.05) is 10.7 Å². The molecule has 23 heavy (non-hydrogen) atoms. The van der Waals surface area contributed by atoms with Crippen LogP contribution in [0.5, 0.6) is 0 Å². The van der Waals surface area contributed by atoms with E-state index in [1.165, 1.54) is 0 Å². The molecule has 2 aromatic rings. The van der Waals surface area contributed by atoms with Crippen LogP contribution in [0.15, 0.2) is 54.2 Å². The highest BCUT2D eigenvalue weighted by Crippen LogP contribution is 2.29. The zero-order valence-electron chi connectivity index (χ0n) is 13.2. The first-order valence-corrected chi connectivity index (χ1v) is 7.55. The highest BCUT2D eigenvalue weighted by atomic mass is 16.1. The van der Waals surface area contributed by atoms with Crippen LogP contribution in [-0.4, -0.2) is 5.91 Å². The van der Waals surface area contributed by atoms with E-state index >= 15 is 0 Å². The molecule has 1 amide bonds. The summed E-state index contributed by atoms with van der Waals surface area (Å²) in [7, 11) is 0. The van der Waals surface area contributed by atoms with Crippen molar-refractivity contribution in [1.82, 2.24) is 5.43 Å². The van der Waals surface area contributed by atoms with Crippen molar-refractivity contribution in [2.45, 2.75) is 13.8 Å². The molecule has 0 spiro atoms. The quantitative estimate of drug-likeness (QED) is 0.794. The van der Waals surface area contributed by atoms with Crippen LogP contribution in [0.4, 0.5) is 11.4 Å². The van der Waals surface area contributed by atoms with Gasteiger partial charge in [0.25, 0.3) is 5.91 Å². The molecule has 0 saturated carbocycles. The number of hydrazine groups is 1. The van der Waals surface area contributed by atoms with Gasteiger partial charge < -0.3 is 16.2 Å². The molecule has 1 aliphatic heterocycles. The van der Waals surface area contributed by atoms with E-state index in [4.69, 9.17) is 0 Å². The van der Waals surface area contributed by atoms with E-state index in [0.29, 0.717) is 5.56 Å². The number of hydrogen-bond acceptors (Lipinski definition) is 3. The molecule has 0 unspecified atom stereocenters. The molecule has 1 aliphatic rings. The highest BCUT2D eigenvalue weighted by Gasteiger charge is 2.13. The van der Waals surface area contributed by atoms with Crippen molar-refractivity contribution in [3.05, 3.63) is 70.9 Å². The second kappa shape index (κ2) is 6.40. The van der Waals surface area contributed by atoms with Gasteiger partial charge >= 0.3 is 0 Å². The number of hydrogen-bond donors (Lipinski definition) is 3. The van der Waals surface area contributed by atoms with E-state index < -0.39 is 0 Å². The zero-order chi connectivity index (χ0) is 16.2. The lowest BCUT2D eigenvalue weighted by Crippen LogP contribution is -2.24. The number of rotatable bonds is 3. The third kappa shape index (κ3) is 3.26. The maximum atomic E-state index is 12.5. The SMILES string of the molecule is C/C=C/c1ccc(C(=O)Nc2cccc3c2C=C(C)NN3)cc1. The van der Waals surface area contributed by atoms with E-state index in [1.807, 2.05) is 74.5 Å². The lowest BCUT2D eigenvalue weighted by Gasteiger charge is -2.21. The van der Waals surface area contributed by atoms with Crippen molar-refractivity contribution in [3.63, 3.8) is 0 Å². The number of carbonyl (C=O) groups excluding carboxylic acids is 1. The molecule has 2 aromatic carbocycles. The fourth-order valence-corrected chi connectivity index (χ4v) is 2.49. The molecule has 0 aromatic heterocycles. The molecule has 3 N–H and O–H groups in total. The number of carbonyl (C=O) groups is 1. The fourth-order valence-electron chi connectivity index (χ4n) is 2.49. The Morgan fingerprint density at radius 1 is 1.09 bits per heavy atom. The summed E-state index contributed by atoms with van der Waals surface area (Å²) in [6.07, 6.45) is 5.99. The van der Waals surface area contributed by atoms with Gasteiger partial charge in [-0.1, -0.05) is 30.4 Å². The summed E-state index contributed by atoms with van der Waals surface area (Å²) < 4.78 is 0. The Morgan fingerprint density at radius 2 is 1.87 bits per heavy atom. The average molecular weight is 305 g/mol. The minimum absolute atomic E-state index is 0.116. The third-order valence-corrected chi connectivity index (χ3v) is 3.64. The molecule has 0 fully saturated rings. The van der Waals surface area contributed by atoms with Gasteiger partial charge in [-0.05, 0) is 49.8 Å². The standard InChI is InChI=1S/C19H19N3O/c1-3-5-14-8-10-15(11-9-14)19(23)20-17-6-4-7-18-16(17)12-13(2)21-22-18/h3-12,21-22H,1-2H3,(H,20,23)/b5-3+. The van der Waals surface area contributed by atoms with E-state index in [-0.39, 0.29) is 5.91 Å². The Hall–Kier alpha value is -3.01. The number of fused-ring (bicyclic) bond motifs is 1. The minimum atomic E-state index is -0.116. The van der Waals surface area contributed by atoms with Gasteiger partial charge in [-0.3, -0.25) is 4.79 Å². The van der Waals surface area contributed by atoms with Gasteiger partial charge in [-0.15, -0.1) is 0 Å². The van der Waals surface area contributed by atoms with E-state index in [1.54, 1.807) is 0 Å². The Kier molecular flexibility index (Phi) is 4.15. The highest BCUT2D eigenvalue weighted by molar-refractivity contribution is 6.06. The third-order valence-electron chi connectivity index (χ3n) is 3.64. The Balaban J connectivity index is 1.84. The number of benzene rings is 2. The van der Waals surface area contributed by atoms with E-state index in [9.17, 15) is 4.79 Å². The van der Waals surface area contributed by atoms with Crippen molar-refractivity contribution >= 4 is 29.4 Å². The zero-order valence-corrected chi connectivity index (χ0v) is 13.2. The second-order valence-corrected chi connectivity index (χ2v) is 5.42. The monoisotopic (exact) mass is 305 g/mol. The topological polar surface area (TPSA) is 53.2 Å². The maximum Gasteiger partial charge on any atom is 0.255 e. The van der Waals surface area contributed by atoms with Gasteiger partial charge in [-0.2, -0.15) is 0 Å². The number of nitrogens with one attached hydrogen (secondary N) is 3. The van der Waals surface area contributed by atoms with Crippen LogP contribution in [0, 0.1) is 0 Å². The summed E-state index contributed by atoms with van der Waals surface area (Å²) >= 11 is 0. The molecule has 0 bridgehead atoms. The molecule has 0 radical (unpaired) electrons. The van der Waals surface area contributed by atoms with E-state index in [2.05, 4.69) is 16.2 Å². The largest absolute Gasteiger partial charge is 0.321 e. The summed E-state index contributed by atoms with van der Waals surface area (Å²) in [5, 5.41) is 2.99. The maximum absolute atomic E-state index is 12.5. The molecule has 0 atom stereocenters. The lowest BCUT2D eigenvalue weighted by molar-refractivity contribution is 0.102. The molecule has 0 saturated heterocycles. The molecule has 3 rings (SSSR count). The van der Waals surface area contributed by atoms with Gasteiger partial charge in [0.15, 0.2) is 0 Å². The normalized spacial score (nSPS) is 12.9. The van der Waals surface area contributed by atoms with Crippen molar-refractivity contribution in [1.29, 1.82) is 0 Å². The first kappa shape index (κ1) is 14.9. The van der Waals surface area contributed by atoms with Crippen LogP contribution in [0.25, 0.3) is 12.2 Å². The van der Waals surface area contributed by atoms with Crippen molar-refractivity contribution in [2.24, 2.45) is 0 Å². The van der Waals surface area contributed by atoms with Crippen LogP contribution in [0.3, 0.4) is 0 Å². The lowest BCUT2D eigenvalue weighted by atomic mass is 10.1. The number of amides is 1. The number of allylic oxidation sites excluding steroid dienone is 2. The predicted octanol–water partition coefficient (Wildman–Crippen LogP) is 4.26. The van der Waals surface area contributed by atoms with Crippen LogP contribution in [0.1, 0.15) is 35.3 Å². The smallest absolute Gasteiger partial charge is 0.255 e. The Morgan fingerprint density at radius 3 is 2.61 bits per heavy atom. The molecule has 4 nitrogen and oxygen atoms in total. The van der Waals surface area contributed by atoms with Crippen LogP contribution < -0.4 is 16.2 Å². The number of anilines is 2. The first-order valence-electron chi connectivity index (χ1n) is 7.55. The summed E-state index contributed by atoms with van der Waals surface area (Å²) in [6.45, 7) is 3.94. The van der Waals surface area contributed by atoms with Crippen LogP contribution in [-0.2, 0) is 0 Å². The molecule has 0 aliphatic carbocycles. The van der Waals surface area contributed by atoms with Crippen molar-refractivity contribution in [3.8, 4) is 0 Å². The second-order valence-electron chi connectivity index (χ2n) is 5.42. The van der Waals surface area contributed by atoms with Gasteiger partial charge in [0.1, 0.15) is 0 Å². The van der Waals surface area contributed by atoms with Gasteiger partial charge in [0.05, 0.1) is 11.4 Å². The Bertz CT molecular complexity index is 789. The fraction of sp³-hybridized carbons (Fsp3) is 0.105. The minimum Gasteiger partial charge on any atom is -0.321 e. The van der Waals surface area contributed by atoms with Gasteiger partial charge in [0, 0.05) is 16.8 Å². The summed E-state index contributed by atoms with van der Waals surface area (Å²) in [4.78, 5) is 12.5. The first-order chi connectivity index (χ1) is 11.2. The van der Waals surface area contributed by atoms with E-state index in [0.717, 1.165) is 28.2 Å². The average Bonchev–Trinajstić information content (AvgIpc) is 2.56. The molecular formula is C19H19N3O. The van der Waals surface area contributed by atoms with Crippen molar-refractivity contribution < 1.29 is 4.79 Å². The van der Waals surface area contributed by atoms with Gasteiger partial charge in [0.2, 0.25) is 0 Å². The summed E-state index contributed by atoms with van der Waals surface area (Å²) in [5.41, 5.74) is 11.6. The van der Waals surface area contributed by atoms with Gasteiger partial charge in [-0.25, -0.2) is 0 Å². The van der Waals surface area contributed by atoms with Crippen LogP contribution >= 0.6 is 0 Å². The predicted molar refractivity (Wildman–Crippen MR) is 96.0 cm³/mol. The molecular weight excluding hydrogens is 286 g/mol. The molecule has 116 valence electrons. The summed E-state index contributed by atoms with van der Waals surface area (Å²) in [6, 6.07) is 13.3. The molecule has 4 heteroatoms. The Labute approximate surface area is 135 Å². The van der Waals surface area contributed by atoms with Crippen LogP contribution in [0.2, 0.25) is 0 Å². The molecule has 1 heterocycles. The summed E-state index contributed by atoms with van der Waals surface area (Å²) in [5.74, 6) is -0.116.